The minimum Gasteiger partial charge on any atom is -0.344 e. The van der Waals surface area contributed by atoms with Crippen molar-refractivity contribution >= 4 is 5.91 Å². The lowest BCUT2D eigenvalue weighted by Crippen LogP contribution is -2.27. The molecule has 5 nitrogen and oxygen atoms in total. The van der Waals surface area contributed by atoms with Crippen LogP contribution in [0.3, 0.4) is 0 Å². The number of benzene rings is 1. The number of nitrogens with one attached hydrogen (secondary N) is 1. The van der Waals surface area contributed by atoms with Crippen molar-refractivity contribution in [3.63, 3.8) is 0 Å². The molecule has 25 heavy (non-hydrogen) atoms. The van der Waals surface area contributed by atoms with Crippen molar-refractivity contribution in [3.8, 4) is 5.69 Å². The number of amides is 1. The van der Waals surface area contributed by atoms with Crippen molar-refractivity contribution in [2.24, 2.45) is 0 Å². The minimum atomic E-state index is -0.292. The number of aryl methyl sites for hydroxylation is 1. The van der Waals surface area contributed by atoms with E-state index in [2.05, 4.69) is 15.4 Å². The van der Waals surface area contributed by atoms with Crippen LogP contribution in [0.15, 0.2) is 48.7 Å². The zero-order valence-electron chi connectivity index (χ0n) is 14.3. The summed E-state index contributed by atoms with van der Waals surface area (Å²) in [6.45, 7) is 5.66. The smallest absolute Gasteiger partial charge is 0.270 e. The second kappa shape index (κ2) is 6.84. The van der Waals surface area contributed by atoms with Gasteiger partial charge in [0.2, 0.25) is 0 Å². The van der Waals surface area contributed by atoms with Gasteiger partial charge in [-0.15, -0.1) is 0 Å². The summed E-state index contributed by atoms with van der Waals surface area (Å²) in [5.41, 5.74) is 3.72. The van der Waals surface area contributed by atoms with Crippen LogP contribution in [0.4, 0.5) is 4.39 Å². The molecular formula is C19H19FN4O. The van der Waals surface area contributed by atoms with Crippen LogP contribution in [0, 0.1) is 19.7 Å². The van der Waals surface area contributed by atoms with Gasteiger partial charge < -0.3 is 5.32 Å². The number of nitrogens with zero attached hydrogens (tertiary/aromatic N) is 3. The van der Waals surface area contributed by atoms with Crippen LogP contribution in [-0.4, -0.2) is 20.7 Å². The molecule has 128 valence electrons. The molecule has 0 saturated carbocycles. The summed E-state index contributed by atoms with van der Waals surface area (Å²) >= 11 is 0. The van der Waals surface area contributed by atoms with Crippen molar-refractivity contribution in [2.75, 3.05) is 0 Å². The Kier molecular flexibility index (Phi) is 4.61. The molecule has 0 aliphatic rings. The van der Waals surface area contributed by atoms with E-state index in [1.165, 1.54) is 12.1 Å². The van der Waals surface area contributed by atoms with Crippen LogP contribution in [0.25, 0.3) is 5.69 Å². The fourth-order valence-corrected chi connectivity index (χ4v) is 2.71. The van der Waals surface area contributed by atoms with Crippen LogP contribution in [-0.2, 0) is 0 Å². The average Bonchev–Trinajstić information content (AvgIpc) is 2.97. The molecular weight excluding hydrogens is 319 g/mol. The van der Waals surface area contributed by atoms with Crippen LogP contribution in [0.1, 0.15) is 40.4 Å². The molecule has 1 atom stereocenters. The molecule has 2 heterocycles. The molecule has 6 heteroatoms. The number of pyridine rings is 1. The number of carbonyl (C=O) groups is 1. The standard InChI is InChI=1S/C19H19FN4O/c1-12-5-4-6-18(22-12)19(25)23-13(2)17-11-21-24(14(17)3)16-9-7-15(20)8-10-16/h4-11,13H,1-3H3,(H,23,25). The largest absolute Gasteiger partial charge is 0.344 e. The normalized spacial score (nSPS) is 12.0. The van der Waals surface area contributed by atoms with E-state index in [0.717, 1.165) is 22.6 Å². The maximum Gasteiger partial charge on any atom is 0.270 e. The first-order valence-electron chi connectivity index (χ1n) is 8.00. The molecule has 1 N–H and O–H groups in total. The third-order valence-corrected chi connectivity index (χ3v) is 4.05. The van der Waals surface area contributed by atoms with E-state index in [1.807, 2.05) is 26.8 Å². The fraction of sp³-hybridized carbons (Fsp3) is 0.211. The molecule has 1 unspecified atom stereocenters. The molecule has 1 amide bonds. The highest BCUT2D eigenvalue weighted by Crippen LogP contribution is 2.20. The molecule has 1 aromatic carbocycles. The summed E-state index contributed by atoms with van der Waals surface area (Å²) in [6.07, 6.45) is 1.72. The van der Waals surface area contributed by atoms with E-state index in [-0.39, 0.29) is 17.8 Å². The van der Waals surface area contributed by atoms with Gasteiger partial charge in [-0.2, -0.15) is 5.10 Å². The van der Waals surface area contributed by atoms with E-state index in [4.69, 9.17) is 0 Å². The SMILES string of the molecule is Cc1cccc(C(=O)NC(C)c2cnn(-c3ccc(F)cc3)c2C)n1. The van der Waals surface area contributed by atoms with E-state index in [0.29, 0.717) is 5.69 Å². The van der Waals surface area contributed by atoms with Gasteiger partial charge in [0.15, 0.2) is 0 Å². The first-order chi connectivity index (χ1) is 12.0. The molecule has 0 aliphatic heterocycles. The molecule has 0 bridgehead atoms. The number of carbonyl (C=O) groups excluding carboxylic acids is 1. The lowest BCUT2D eigenvalue weighted by molar-refractivity contribution is 0.0934. The summed E-state index contributed by atoms with van der Waals surface area (Å²) in [5, 5.41) is 7.30. The summed E-state index contributed by atoms with van der Waals surface area (Å²) in [7, 11) is 0. The van der Waals surface area contributed by atoms with Crippen LogP contribution < -0.4 is 5.32 Å². The number of rotatable bonds is 4. The Morgan fingerprint density at radius 3 is 2.56 bits per heavy atom. The fourth-order valence-electron chi connectivity index (χ4n) is 2.71. The number of hydrogen-bond acceptors (Lipinski definition) is 3. The predicted molar refractivity (Wildman–Crippen MR) is 93.1 cm³/mol. The topological polar surface area (TPSA) is 59.8 Å². The highest BCUT2D eigenvalue weighted by Gasteiger charge is 2.17. The maximum absolute atomic E-state index is 13.1. The van der Waals surface area contributed by atoms with E-state index >= 15 is 0 Å². The minimum absolute atomic E-state index is 0.231. The zero-order chi connectivity index (χ0) is 18.0. The highest BCUT2D eigenvalue weighted by molar-refractivity contribution is 5.92. The van der Waals surface area contributed by atoms with Gasteiger partial charge >= 0.3 is 0 Å². The average molecular weight is 338 g/mol. The van der Waals surface area contributed by atoms with Gasteiger partial charge in [-0.3, -0.25) is 4.79 Å². The Bertz CT molecular complexity index is 902. The Morgan fingerprint density at radius 2 is 1.88 bits per heavy atom. The molecule has 2 aromatic heterocycles. The van der Waals surface area contributed by atoms with E-state index in [9.17, 15) is 9.18 Å². The van der Waals surface area contributed by atoms with Crippen molar-refractivity contribution < 1.29 is 9.18 Å². The van der Waals surface area contributed by atoms with Gasteiger partial charge in [-0.25, -0.2) is 14.1 Å². The first-order valence-corrected chi connectivity index (χ1v) is 8.00. The number of halogens is 1. The van der Waals surface area contributed by atoms with Crippen LogP contribution >= 0.6 is 0 Å². The van der Waals surface area contributed by atoms with Gasteiger partial charge in [0.05, 0.1) is 17.9 Å². The number of aromatic nitrogens is 3. The zero-order valence-corrected chi connectivity index (χ0v) is 14.3. The summed E-state index contributed by atoms with van der Waals surface area (Å²) in [4.78, 5) is 16.6. The van der Waals surface area contributed by atoms with Gasteiger partial charge in [-0.1, -0.05) is 6.07 Å². The maximum atomic E-state index is 13.1. The Balaban J connectivity index is 1.80. The third kappa shape index (κ3) is 3.57. The first kappa shape index (κ1) is 16.8. The lowest BCUT2D eigenvalue weighted by Gasteiger charge is -2.14. The van der Waals surface area contributed by atoms with Gasteiger partial charge in [0, 0.05) is 17.0 Å². The van der Waals surface area contributed by atoms with E-state index in [1.54, 1.807) is 35.1 Å². The van der Waals surface area contributed by atoms with E-state index < -0.39 is 0 Å². The molecule has 0 aliphatic carbocycles. The van der Waals surface area contributed by atoms with Crippen molar-refractivity contribution in [3.05, 3.63) is 77.1 Å². The molecule has 3 aromatic rings. The van der Waals surface area contributed by atoms with Crippen molar-refractivity contribution in [2.45, 2.75) is 26.8 Å². The summed E-state index contributed by atoms with van der Waals surface area (Å²) in [5.74, 6) is -0.523. The second-order valence-electron chi connectivity index (χ2n) is 5.93. The molecule has 0 fully saturated rings. The van der Waals surface area contributed by atoms with Crippen LogP contribution in [0.2, 0.25) is 0 Å². The highest BCUT2D eigenvalue weighted by atomic mass is 19.1. The molecule has 3 rings (SSSR count). The van der Waals surface area contributed by atoms with Gasteiger partial charge in [0.1, 0.15) is 11.5 Å². The lowest BCUT2D eigenvalue weighted by atomic mass is 10.1. The molecule has 0 spiro atoms. The second-order valence-corrected chi connectivity index (χ2v) is 5.93. The monoisotopic (exact) mass is 338 g/mol. The Morgan fingerprint density at radius 1 is 1.16 bits per heavy atom. The summed E-state index contributed by atoms with van der Waals surface area (Å²) in [6, 6.07) is 11.2. The van der Waals surface area contributed by atoms with Crippen molar-refractivity contribution in [1.82, 2.24) is 20.1 Å². The van der Waals surface area contributed by atoms with Crippen molar-refractivity contribution in [1.29, 1.82) is 0 Å². The quantitative estimate of drug-likeness (QED) is 0.792. The Hall–Kier alpha value is -3.02. The van der Waals surface area contributed by atoms with Gasteiger partial charge in [0.25, 0.3) is 5.91 Å². The third-order valence-electron chi connectivity index (χ3n) is 4.05. The summed E-state index contributed by atoms with van der Waals surface area (Å²) < 4.78 is 14.8. The Labute approximate surface area is 145 Å². The number of hydrogen-bond donors (Lipinski definition) is 1. The predicted octanol–water partition coefficient (Wildman–Crippen LogP) is 3.51. The molecule has 0 radical (unpaired) electrons. The van der Waals surface area contributed by atoms with Gasteiger partial charge in [-0.05, 0) is 57.2 Å². The van der Waals surface area contributed by atoms with Crippen LogP contribution in [0.5, 0.6) is 0 Å². The molecule has 0 saturated heterocycles.